The van der Waals surface area contributed by atoms with E-state index in [0.29, 0.717) is 11.8 Å². The summed E-state index contributed by atoms with van der Waals surface area (Å²) in [6.45, 7) is 0. The molecule has 13 rings (SSSR count). The van der Waals surface area contributed by atoms with E-state index in [1.54, 1.807) is 0 Å². The molecular weight excluding hydrogens is 817 g/mol. The lowest BCUT2D eigenvalue weighted by Gasteiger charge is -2.34. The molecule has 67 heavy (non-hydrogen) atoms. The molecule has 1 aliphatic carbocycles. The number of rotatable bonds is 8. The molecule has 12 aromatic rings. The van der Waals surface area contributed by atoms with Gasteiger partial charge in [0, 0.05) is 11.1 Å². The average Bonchev–Trinajstić information content (AvgIpc) is 4.13. The van der Waals surface area contributed by atoms with Crippen molar-refractivity contribution in [3.05, 3.63) is 265 Å². The molecule has 0 atom stereocenters. The van der Waals surface area contributed by atoms with Crippen LogP contribution in [0.15, 0.2) is 251 Å². The van der Waals surface area contributed by atoms with Crippen molar-refractivity contribution in [2.75, 3.05) is 0 Å². The van der Waals surface area contributed by atoms with Gasteiger partial charge in [-0.1, -0.05) is 164 Å². The van der Waals surface area contributed by atoms with E-state index < -0.39 is 5.41 Å². The first-order valence-corrected chi connectivity index (χ1v) is 22.7. The zero-order valence-electron chi connectivity index (χ0n) is 36.3. The Labute approximate surface area is 388 Å². The molecule has 10 aromatic carbocycles. The zero-order chi connectivity index (χ0) is 44.3. The normalized spacial score (nSPS) is 12.6. The van der Waals surface area contributed by atoms with Crippen LogP contribution in [0.3, 0.4) is 0 Å². The van der Waals surface area contributed by atoms with Crippen LogP contribution in [0.4, 0.5) is 0 Å². The number of para-hydroxylation sites is 4. The first-order valence-electron chi connectivity index (χ1n) is 22.7. The number of hydrogen-bond donors (Lipinski definition) is 0. The van der Waals surface area contributed by atoms with Crippen LogP contribution in [0.2, 0.25) is 0 Å². The van der Waals surface area contributed by atoms with Crippen LogP contribution in [-0.4, -0.2) is 9.97 Å². The molecule has 314 valence electrons. The SMILES string of the molecule is c1ccc(C2(c3ccccc3)c3ccccc3-c3ccc(-c4cccc(-c5cc(-c6cccc(-c7nc8ccccc8o7)c6)cc(-c6cccc(-c7nc8ccccc8o7)c6)c5)c4)cc32)cc1. The Hall–Kier alpha value is -8.86. The Morgan fingerprint density at radius 1 is 0.269 bits per heavy atom. The third-order valence-corrected chi connectivity index (χ3v) is 13.4. The summed E-state index contributed by atoms with van der Waals surface area (Å²) < 4.78 is 12.5. The zero-order valence-corrected chi connectivity index (χ0v) is 36.3. The van der Waals surface area contributed by atoms with Crippen LogP contribution in [0.5, 0.6) is 0 Å². The second kappa shape index (κ2) is 15.7. The lowest BCUT2D eigenvalue weighted by Crippen LogP contribution is -2.28. The van der Waals surface area contributed by atoms with Gasteiger partial charge in [-0.25, -0.2) is 9.97 Å². The number of fused-ring (bicyclic) bond motifs is 5. The molecule has 1 aliphatic rings. The second-order valence-electron chi connectivity index (χ2n) is 17.3. The smallest absolute Gasteiger partial charge is 0.227 e. The second-order valence-corrected chi connectivity index (χ2v) is 17.3. The number of oxazole rings is 2. The maximum atomic E-state index is 6.25. The number of hydrogen-bond acceptors (Lipinski definition) is 4. The van der Waals surface area contributed by atoms with Crippen LogP contribution in [0.1, 0.15) is 22.3 Å². The predicted molar refractivity (Wildman–Crippen MR) is 271 cm³/mol. The summed E-state index contributed by atoms with van der Waals surface area (Å²) in [4.78, 5) is 9.67. The molecule has 0 amide bonds. The molecule has 0 radical (unpaired) electrons. The van der Waals surface area contributed by atoms with Crippen LogP contribution in [-0.2, 0) is 5.41 Å². The first-order chi connectivity index (χ1) is 33.2. The van der Waals surface area contributed by atoms with E-state index in [1.807, 2.05) is 48.5 Å². The fourth-order valence-corrected chi connectivity index (χ4v) is 10.3. The van der Waals surface area contributed by atoms with E-state index in [2.05, 4.69) is 194 Å². The highest BCUT2D eigenvalue weighted by molar-refractivity contribution is 5.90. The van der Waals surface area contributed by atoms with E-state index in [-0.39, 0.29) is 0 Å². The van der Waals surface area contributed by atoms with Gasteiger partial charge in [-0.15, -0.1) is 0 Å². The Kier molecular flexibility index (Phi) is 9.04. The highest BCUT2D eigenvalue weighted by atomic mass is 16.4. The van der Waals surface area contributed by atoms with E-state index in [9.17, 15) is 0 Å². The molecule has 0 saturated carbocycles. The van der Waals surface area contributed by atoms with E-state index in [1.165, 1.54) is 33.4 Å². The molecule has 4 heteroatoms. The Morgan fingerprint density at radius 3 is 1.18 bits per heavy atom. The van der Waals surface area contributed by atoms with Crippen LogP contribution < -0.4 is 0 Å². The van der Waals surface area contributed by atoms with Crippen molar-refractivity contribution in [2.24, 2.45) is 0 Å². The van der Waals surface area contributed by atoms with Crippen LogP contribution in [0, 0.1) is 0 Å². The molecular formula is C63H40N2O2. The van der Waals surface area contributed by atoms with Crippen LogP contribution in [0.25, 0.3) is 101 Å². The number of aromatic nitrogens is 2. The summed E-state index contributed by atoms with van der Waals surface area (Å²) in [5, 5.41) is 0. The van der Waals surface area contributed by atoms with Gasteiger partial charge in [0.1, 0.15) is 11.0 Å². The highest BCUT2D eigenvalue weighted by Crippen LogP contribution is 2.56. The Morgan fingerprint density at radius 2 is 0.657 bits per heavy atom. The standard InChI is InChI=1S/C63H40N2O2/c1-3-22-51(23-4-1)63(52-24-5-2-6-25-52)55-27-8-7-26-53(55)54-33-32-45(40-56(54)63)41-16-13-17-42(34-41)48-37-49(43-18-14-20-46(35-43)61-64-57-28-9-11-30-59(57)66-61)39-50(38-48)44-19-15-21-47(36-44)62-65-58-29-10-12-31-60(58)67-62/h1-40H. The van der Waals surface area contributed by atoms with Crippen molar-refractivity contribution in [1.29, 1.82) is 0 Å². The third-order valence-electron chi connectivity index (χ3n) is 13.4. The van der Waals surface area contributed by atoms with Crippen molar-refractivity contribution in [3.8, 4) is 78.5 Å². The van der Waals surface area contributed by atoms with Gasteiger partial charge >= 0.3 is 0 Å². The minimum Gasteiger partial charge on any atom is -0.436 e. The molecule has 0 fully saturated rings. The fourth-order valence-electron chi connectivity index (χ4n) is 10.3. The summed E-state index contributed by atoms with van der Waals surface area (Å²) in [5.41, 5.74) is 21.0. The molecule has 0 spiro atoms. The Bertz CT molecular complexity index is 3580. The molecule has 0 bridgehead atoms. The molecule has 2 heterocycles. The van der Waals surface area contributed by atoms with Crippen molar-refractivity contribution < 1.29 is 8.83 Å². The number of benzene rings is 10. The van der Waals surface area contributed by atoms with Gasteiger partial charge in [-0.3, -0.25) is 0 Å². The maximum absolute atomic E-state index is 6.25. The summed E-state index contributed by atoms with van der Waals surface area (Å²) in [6, 6.07) is 86.5. The largest absolute Gasteiger partial charge is 0.436 e. The molecule has 2 aromatic heterocycles. The predicted octanol–water partition coefficient (Wildman–Crippen LogP) is 16.3. The average molecular weight is 857 g/mol. The topological polar surface area (TPSA) is 52.1 Å². The highest BCUT2D eigenvalue weighted by Gasteiger charge is 2.46. The van der Waals surface area contributed by atoms with Crippen molar-refractivity contribution in [1.82, 2.24) is 9.97 Å². The molecule has 4 nitrogen and oxygen atoms in total. The third kappa shape index (κ3) is 6.53. The summed E-state index contributed by atoms with van der Waals surface area (Å²) in [5.74, 6) is 1.19. The summed E-state index contributed by atoms with van der Waals surface area (Å²) in [6.07, 6.45) is 0. The van der Waals surface area contributed by atoms with Gasteiger partial charge in [0.15, 0.2) is 11.2 Å². The first kappa shape index (κ1) is 38.6. The minimum absolute atomic E-state index is 0.482. The van der Waals surface area contributed by atoms with E-state index in [4.69, 9.17) is 18.8 Å². The summed E-state index contributed by atoms with van der Waals surface area (Å²) in [7, 11) is 0. The lowest BCUT2D eigenvalue weighted by atomic mass is 9.67. The quantitative estimate of drug-likeness (QED) is 0.153. The molecule has 0 N–H and O–H groups in total. The van der Waals surface area contributed by atoms with Gasteiger partial charge in [0.05, 0.1) is 5.41 Å². The monoisotopic (exact) mass is 856 g/mol. The summed E-state index contributed by atoms with van der Waals surface area (Å²) >= 11 is 0. The maximum Gasteiger partial charge on any atom is 0.227 e. The van der Waals surface area contributed by atoms with Gasteiger partial charge in [-0.2, -0.15) is 0 Å². The fraction of sp³-hybridized carbons (Fsp3) is 0.0159. The van der Waals surface area contributed by atoms with E-state index in [0.717, 1.165) is 77.8 Å². The molecule has 0 unspecified atom stereocenters. The molecule has 0 saturated heterocycles. The number of nitrogens with zero attached hydrogens (tertiary/aromatic N) is 2. The van der Waals surface area contributed by atoms with Gasteiger partial charge < -0.3 is 8.83 Å². The van der Waals surface area contributed by atoms with Crippen molar-refractivity contribution in [3.63, 3.8) is 0 Å². The van der Waals surface area contributed by atoms with Gasteiger partial charge in [-0.05, 0) is 157 Å². The molecule has 0 aliphatic heterocycles. The van der Waals surface area contributed by atoms with Gasteiger partial charge in [0.2, 0.25) is 11.8 Å². The minimum atomic E-state index is -0.482. The van der Waals surface area contributed by atoms with Gasteiger partial charge in [0.25, 0.3) is 0 Å². The lowest BCUT2D eigenvalue weighted by molar-refractivity contribution is 0.619. The van der Waals surface area contributed by atoms with Crippen molar-refractivity contribution in [2.45, 2.75) is 5.41 Å². The van der Waals surface area contributed by atoms with Crippen LogP contribution >= 0.6 is 0 Å². The Balaban J connectivity index is 0.957. The van der Waals surface area contributed by atoms with Crippen molar-refractivity contribution >= 4 is 22.2 Å². The van der Waals surface area contributed by atoms with E-state index >= 15 is 0 Å².